The van der Waals surface area contributed by atoms with Crippen molar-refractivity contribution in [2.75, 3.05) is 6.61 Å². The van der Waals surface area contributed by atoms with Crippen LogP contribution in [0.1, 0.15) is 124 Å². The highest BCUT2D eigenvalue weighted by Gasteiger charge is 2.34. The first-order chi connectivity index (χ1) is 13.4. The van der Waals surface area contributed by atoms with Gasteiger partial charge in [-0.2, -0.15) is 0 Å². The molecule has 0 aromatic rings. The largest absolute Gasteiger partial charge is 0.375 e. The van der Waals surface area contributed by atoms with Crippen LogP contribution in [0.15, 0.2) is 23.8 Å². The molecule has 1 heteroatoms. The van der Waals surface area contributed by atoms with Crippen molar-refractivity contribution >= 4 is 0 Å². The zero-order valence-corrected chi connectivity index (χ0v) is 19.5. The molecule has 1 saturated carbocycles. The van der Waals surface area contributed by atoms with Gasteiger partial charge in [0.05, 0.1) is 5.60 Å². The molecule has 28 heavy (non-hydrogen) atoms. The van der Waals surface area contributed by atoms with Gasteiger partial charge < -0.3 is 4.74 Å². The van der Waals surface area contributed by atoms with Crippen LogP contribution in [0.2, 0.25) is 0 Å². The number of hydrogen-bond donors (Lipinski definition) is 0. The number of allylic oxidation sites excluding steroid dienone is 4. The van der Waals surface area contributed by atoms with Crippen molar-refractivity contribution in [2.45, 2.75) is 130 Å². The molecule has 0 amide bonds. The van der Waals surface area contributed by atoms with E-state index in [2.05, 4.69) is 45.9 Å². The molecule has 2 aliphatic rings. The predicted octanol–water partition coefficient (Wildman–Crippen LogP) is 8.79. The maximum absolute atomic E-state index is 6.77. The van der Waals surface area contributed by atoms with E-state index in [1.54, 1.807) is 0 Å². The van der Waals surface area contributed by atoms with Gasteiger partial charge in [-0.15, -0.1) is 0 Å². The molecule has 0 bridgehead atoms. The summed E-state index contributed by atoms with van der Waals surface area (Å²) in [4.78, 5) is 0. The van der Waals surface area contributed by atoms with E-state index in [9.17, 15) is 0 Å². The zero-order valence-electron chi connectivity index (χ0n) is 19.5. The van der Waals surface area contributed by atoms with Crippen LogP contribution < -0.4 is 0 Å². The second kappa shape index (κ2) is 12.2. The minimum atomic E-state index is 0.0416. The van der Waals surface area contributed by atoms with Crippen molar-refractivity contribution in [3.05, 3.63) is 23.8 Å². The molecule has 0 aromatic heterocycles. The molecule has 1 atom stereocenters. The standard InChI is InChI=1S/C27H48O/c1-24-16-14-20-26(2,3)22-23-28-27(4,21-15-17-24)25-18-12-10-8-6-5-7-9-11-13-19-25/h14,17,20,25H,5-13,15-16,18-19,21-23H2,1-4H3. The zero-order chi connectivity index (χ0) is 20.3. The van der Waals surface area contributed by atoms with E-state index >= 15 is 0 Å². The molecular formula is C27H48O. The topological polar surface area (TPSA) is 9.23 Å². The highest BCUT2D eigenvalue weighted by atomic mass is 16.5. The Morgan fingerprint density at radius 3 is 2.00 bits per heavy atom. The van der Waals surface area contributed by atoms with E-state index in [1.807, 2.05) is 0 Å². The lowest BCUT2D eigenvalue weighted by atomic mass is 9.77. The summed E-state index contributed by atoms with van der Waals surface area (Å²) in [5.41, 5.74) is 1.78. The highest BCUT2D eigenvalue weighted by molar-refractivity contribution is 5.07. The summed E-state index contributed by atoms with van der Waals surface area (Å²) >= 11 is 0. The van der Waals surface area contributed by atoms with E-state index < -0.39 is 0 Å². The van der Waals surface area contributed by atoms with Gasteiger partial charge in [-0.1, -0.05) is 95.4 Å². The fourth-order valence-corrected chi connectivity index (χ4v) is 5.05. The third-order valence-electron chi connectivity index (χ3n) is 7.29. The average molecular weight is 389 g/mol. The Kier molecular flexibility index (Phi) is 10.3. The van der Waals surface area contributed by atoms with Crippen LogP contribution in [0.4, 0.5) is 0 Å². The summed E-state index contributed by atoms with van der Waals surface area (Å²) < 4.78 is 6.77. The fraction of sp³-hybridized carbons (Fsp3) is 0.852. The second-order valence-electron chi connectivity index (χ2n) is 10.6. The van der Waals surface area contributed by atoms with Gasteiger partial charge >= 0.3 is 0 Å². The Hall–Kier alpha value is -0.560. The van der Waals surface area contributed by atoms with Gasteiger partial charge in [0.2, 0.25) is 0 Å². The summed E-state index contributed by atoms with van der Waals surface area (Å²) in [5.74, 6) is 0.724. The van der Waals surface area contributed by atoms with Crippen LogP contribution in [0, 0.1) is 11.3 Å². The molecule has 0 radical (unpaired) electrons. The fourth-order valence-electron chi connectivity index (χ4n) is 5.05. The van der Waals surface area contributed by atoms with E-state index in [0.29, 0.717) is 0 Å². The Morgan fingerprint density at radius 2 is 1.39 bits per heavy atom. The van der Waals surface area contributed by atoms with E-state index in [-0.39, 0.29) is 11.0 Å². The SMILES string of the molecule is CC1=CCCC(C)(C2CCCCCCCCCCC2)OCCC(C)(C)C=CC1. The monoisotopic (exact) mass is 388 g/mol. The molecule has 1 heterocycles. The van der Waals surface area contributed by atoms with Crippen LogP contribution in [0.5, 0.6) is 0 Å². The Bertz CT molecular complexity index is 474. The molecule has 2 rings (SSSR count). The van der Waals surface area contributed by atoms with E-state index in [1.165, 1.54) is 82.6 Å². The van der Waals surface area contributed by atoms with Gasteiger partial charge in [0, 0.05) is 6.61 Å². The summed E-state index contributed by atoms with van der Waals surface area (Å²) in [7, 11) is 0. The molecule has 1 aliphatic heterocycles. The maximum Gasteiger partial charge on any atom is 0.0685 e. The summed E-state index contributed by atoms with van der Waals surface area (Å²) in [5, 5.41) is 0. The predicted molar refractivity (Wildman–Crippen MR) is 124 cm³/mol. The highest BCUT2D eigenvalue weighted by Crippen LogP contribution is 2.37. The number of ether oxygens (including phenoxy) is 1. The van der Waals surface area contributed by atoms with Crippen LogP contribution in [-0.4, -0.2) is 12.2 Å². The van der Waals surface area contributed by atoms with Crippen LogP contribution in [-0.2, 0) is 4.74 Å². The van der Waals surface area contributed by atoms with Gasteiger partial charge in [-0.05, 0) is 63.7 Å². The van der Waals surface area contributed by atoms with E-state index in [4.69, 9.17) is 4.74 Å². The quantitative estimate of drug-likeness (QED) is 0.408. The lowest BCUT2D eigenvalue weighted by Crippen LogP contribution is -2.39. The first kappa shape index (κ1) is 23.7. The molecule has 0 spiro atoms. The molecule has 0 N–H and O–H groups in total. The normalized spacial score (nSPS) is 30.2. The Balaban J connectivity index is 2.09. The molecule has 1 aliphatic carbocycles. The minimum absolute atomic E-state index is 0.0416. The molecule has 1 nitrogen and oxygen atoms in total. The Labute approximate surface area is 176 Å². The van der Waals surface area contributed by atoms with E-state index in [0.717, 1.165) is 31.8 Å². The maximum atomic E-state index is 6.77. The van der Waals surface area contributed by atoms with Crippen LogP contribution in [0.3, 0.4) is 0 Å². The smallest absolute Gasteiger partial charge is 0.0685 e. The third kappa shape index (κ3) is 8.85. The van der Waals surface area contributed by atoms with Crippen molar-refractivity contribution < 1.29 is 4.74 Å². The van der Waals surface area contributed by atoms with Crippen molar-refractivity contribution in [3.8, 4) is 0 Å². The van der Waals surface area contributed by atoms with Gasteiger partial charge in [0.1, 0.15) is 0 Å². The number of rotatable bonds is 1. The van der Waals surface area contributed by atoms with Crippen LogP contribution >= 0.6 is 0 Å². The summed E-state index contributed by atoms with van der Waals surface area (Å²) in [6, 6.07) is 0. The average Bonchev–Trinajstić information content (AvgIpc) is 2.61. The summed E-state index contributed by atoms with van der Waals surface area (Å²) in [6.45, 7) is 10.3. The van der Waals surface area contributed by atoms with Gasteiger partial charge in [-0.3, -0.25) is 0 Å². The first-order valence-electron chi connectivity index (χ1n) is 12.4. The summed E-state index contributed by atoms with van der Waals surface area (Å²) in [6.07, 6.45) is 27.4. The van der Waals surface area contributed by atoms with Crippen molar-refractivity contribution in [1.82, 2.24) is 0 Å². The first-order valence-corrected chi connectivity index (χ1v) is 12.4. The Morgan fingerprint density at radius 1 is 0.821 bits per heavy atom. The third-order valence-corrected chi connectivity index (χ3v) is 7.29. The molecule has 0 aromatic carbocycles. The molecule has 1 unspecified atom stereocenters. The lowest BCUT2D eigenvalue weighted by Gasteiger charge is -2.39. The lowest BCUT2D eigenvalue weighted by molar-refractivity contribution is -0.0900. The molecule has 0 saturated heterocycles. The molecular weight excluding hydrogens is 340 g/mol. The molecule has 1 fully saturated rings. The van der Waals surface area contributed by atoms with Gasteiger partial charge in [0.15, 0.2) is 0 Å². The van der Waals surface area contributed by atoms with Crippen molar-refractivity contribution in [1.29, 1.82) is 0 Å². The van der Waals surface area contributed by atoms with Crippen LogP contribution in [0.25, 0.3) is 0 Å². The van der Waals surface area contributed by atoms with Crippen molar-refractivity contribution in [2.24, 2.45) is 11.3 Å². The van der Waals surface area contributed by atoms with Gasteiger partial charge in [0.25, 0.3) is 0 Å². The number of hydrogen-bond acceptors (Lipinski definition) is 1. The second-order valence-corrected chi connectivity index (χ2v) is 10.6. The van der Waals surface area contributed by atoms with Crippen molar-refractivity contribution in [3.63, 3.8) is 0 Å². The van der Waals surface area contributed by atoms with Gasteiger partial charge in [-0.25, -0.2) is 0 Å². The molecule has 162 valence electrons. The minimum Gasteiger partial charge on any atom is -0.375 e.